The molecule has 51 heavy (non-hydrogen) atoms. The van der Waals surface area contributed by atoms with Crippen molar-refractivity contribution >= 4 is 39.8 Å². The lowest BCUT2D eigenvalue weighted by molar-refractivity contribution is -0.118. The van der Waals surface area contributed by atoms with Crippen LogP contribution in [0.1, 0.15) is 38.2 Å². The van der Waals surface area contributed by atoms with E-state index in [-0.39, 0.29) is 5.91 Å². The molecule has 5 aromatic rings. The van der Waals surface area contributed by atoms with Gasteiger partial charge in [0.1, 0.15) is 29.1 Å². The number of likely N-dealkylation sites (tertiary alicyclic amines) is 1. The number of hydrogen-bond acceptors (Lipinski definition) is 10. The summed E-state index contributed by atoms with van der Waals surface area (Å²) in [6, 6.07) is 18.1. The standard InChI is InChI=1S/C38H43N9O3S/c1-3-47-24-40-36(44-47)27-6-4-25(5-7-27)26-14-17-46(18-15-26)34(48)22-45-19-16-38(23-45,51-2)37(49)41-29-9-12-32-31(20-29)35(43-42-32)28-8-13-33(39-21-28)50-30-10-11-30/h4-9,12-14,20-21,24,30,34,48H,3,10-11,15-19,22-23H2,1-2H3,(H,41,49)(H,42,43)/t34?,38-/m0/s1. The Morgan fingerprint density at radius 3 is 2.63 bits per heavy atom. The lowest BCUT2D eigenvalue weighted by Gasteiger charge is -2.33. The van der Waals surface area contributed by atoms with E-state index in [0.717, 1.165) is 78.1 Å². The molecule has 1 unspecified atom stereocenters. The van der Waals surface area contributed by atoms with E-state index in [9.17, 15) is 9.90 Å². The van der Waals surface area contributed by atoms with Crippen LogP contribution in [0.3, 0.4) is 0 Å². The van der Waals surface area contributed by atoms with Gasteiger partial charge in [0.25, 0.3) is 0 Å². The minimum Gasteiger partial charge on any atom is -0.474 e. The normalized spacial score (nSPS) is 20.4. The van der Waals surface area contributed by atoms with Crippen molar-refractivity contribution in [2.75, 3.05) is 44.3 Å². The molecular formula is C38H43N9O3S. The van der Waals surface area contributed by atoms with E-state index in [1.54, 1.807) is 24.3 Å². The summed E-state index contributed by atoms with van der Waals surface area (Å²) in [5, 5.41) is 27.5. The molecule has 3 N–H and O–H groups in total. The van der Waals surface area contributed by atoms with Gasteiger partial charge in [-0.05, 0) is 74.3 Å². The molecule has 8 rings (SSSR count). The molecule has 1 amide bonds. The van der Waals surface area contributed by atoms with Gasteiger partial charge in [0.05, 0.1) is 5.52 Å². The van der Waals surface area contributed by atoms with E-state index in [0.29, 0.717) is 38.0 Å². The first-order chi connectivity index (χ1) is 24.9. The minimum atomic E-state index is -0.614. The number of ether oxygens (including phenoxy) is 1. The van der Waals surface area contributed by atoms with Crippen LogP contribution in [0.4, 0.5) is 5.69 Å². The number of hydrogen-bond donors (Lipinski definition) is 3. The maximum atomic E-state index is 13.9. The number of carbonyl (C=O) groups is 1. The fourth-order valence-corrected chi connectivity index (χ4v) is 7.78. The number of anilines is 1. The number of aliphatic hydroxyl groups is 1. The average Bonchev–Trinajstić information content (AvgIpc) is 3.51. The largest absolute Gasteiger partial charge is 0.474 e. The molecule has 2 atom stereocenters. The molecule has 1 saturated carbocycles. The molecule has 264 valence electrons. The van der Waals surface area contributed by atoms with Gasteiger partial charge in [0, 0.05) is 73.7 Å². The van der Waals surface area contributed by atoms with Gasteiger partial charge in [-0.25, -0.2) is 9.97 Å². The highest BCUT2D eigenvalue weighted by atomic mass is 32.2. The molecule has 12 nitrogen and oxygen atoms in total. The molecule has 3 aliphatic rings. The summed E-state index contributed by atoms with van der Waals surface area (Å²) in [4.78, 5) is 27.1. The van der Waals surface area contributed by atoms with Crippen LogP contribution in [0, 0.1) is 0 Å². The molecule has 3 aromatic heterocycles. The predicted octanol–water partition coefficient (Wildman–Crippen LogP) is 5.30. The molecule has 1 saturated heterocycles. The Labute approximate surface area is 301 Å². The number of aliphatic hydroxyl groups excluding tert-OH is 1. The summed E-state index contributed by atoms with van der Waals surface area (Å²) in [5.74, 6) is 1.34. The third-order valence-electron chi connectivity index (χ3n) is 10.2. The quantitative estimate of drug-likeness (QED) is 0.157. The van der Waals surface area contributed by atoms with Gasteiger partial charge in [0.15, 0.2) is 5.82 Å². The summed E-state index contributed by atoms with van der Waals surface area (Å²) in [6.45, 7) is 6.10. The zero-order valence-corrected chi connectivity index (χ0v) is 29.8. The number of pyridine rings is 1. The first-order valence-electron chi connectivity index (χ1n) is 17.7. The second-order valence-electron chi connectivity index (χ2n) is 13.6. The van der Waals surface area contributed by atoms with Crippen molar-refractivity contribution in [1.82, 2.24) is 39.7 Å². The highest BCUT2D eigenvalue weighted by molar-refractivity contribution is 8.00. The van der Waals surface area contributed by atoms with Gasteiger partial charge >= 0.3 is 0 Å². The van der Waals surface area contributed by atoms with Crippen molar-refractivity contribution in [3.63, 3.8) is 0 Å². The van der Waals surface area contributed by atoms with Gasteiger partial charge in [-0.2, -0.15) is 10.2 Å². The first-order valence-corrected chi connectivity index (χ1v) is 18.9. The van der Waals surface area contributed by atoms with Gasteiger partial charge in [-0.3, -0.25) is 24.4 Å². The number of aromatic amines is 1. The van der Waals surface area contributed by atoms with Gasteiger partial charge in [-0.15, -0.1) is 11.8 Å². The van der Waals surface area contributed by atoms with E-state index in [2.05, 4.69) is 70.7 Å². The summed E-state index contributed by atoms with van der Waals surface area (Å²) < 4.78 is 7.02. The monoisotopic (exact) mass is 705 g/mol. The second-order valence-corrected chi connectivity index (χ2v) is 14.8. The zero-order chi connectivity index (χ0) is 35.0. The molecule has 0 bridgehead atoms. The molecule has 1 aliphatic carbocycles. The molecule has 5 heterocycles. The Hall–Kier alpha value is -4.56. The number of carbonyl (C=O) groups excluding carboxylic acids is 1. The van der Waals surface area contributed by atoms with Gasteiger partial charge in [0.2, 0.25) is 11.8 Å². The molecular weight excluding hydrogens is 663 g/mol. The second kappa shape index (κ2) is 14.2. The van der Waals surface area contributed by atoms with E-state index in [1.165, 1.54) is 11.1 Å². The van der Waals surface area contributed by atoms with E-state index < -0.39 is 11.0 Å². The minimum absolute atomic E-state index is 0.0225. The van der Waals surface area contributed by atoms with Gasteiger partial charge < -0.3 is 15.2 Å². The maximum Gasteiger partial charge on any atom is 0.241 e. The number of aromatic nitrogens is 6. The number of nitrogens with one attached hydrogen (secondary N) is 2. The van der Waals surface area contributed by atoms with Crippen LogP contribution < -0.4 is 10.1 Å². The molecule has 0 spiro atoms. The molecule has 0 radical (unpaired) electrons. The zero-order valence-electron chi connectivity index (χ0n) is 29.0. The average molecular weight is 706 g/mol. The van der Waals surface area contributed by atoms with Crippen LogP contribution in [0.2, 0.25) is 0 Å². The lowest BCUT2D eigenvalue weighted by atomic mass is 9.98. The van der Waals surface area contributed by atoms with Crippen LogP contribution in [-0.4, -0.2) is 107 Å². The number of benzene rings is 2. The van der Waals surface area contributed by atoms with Gasteiger partial charge in [-0.1, -0.05) is 30.3 Å². The number of β-amino-alcohol motifs (C(OH)–C–C–N with tert-alkyl or cyclic N) is 1. The SMILES string of the molecule is CCn1cnc(-c2ccc(C3=CCN(C(O)CN4CC[C@@](SC)(C(=O)Nc5ccc6[nH]nc(-c7ccc(OC8CC8)nc7)c6c5)C4)CC3)cc2)n1. The van der Waals surface area contributed by atoms with Crippen molar-refractivity contribution in [2.45, 2.75) is 56.2 Å². The third-order valence-corrected chi connectivity index (χ3v) is 11.5. The van der Waals surface area contributed by atoms with E-state index in [1.807, 2.05) is 48.2 Å². The number of aryl methyl sites for hydroxylation is 1. The lowest BCUT2D eigenvalue weighted by Crippen LogP contribution is -2.47. The molecule has 13 heteroatoms. The van der Waals surface area contributed by atoms with Crippen molar-refractivity contribution in [3.8, 4) is 28.5 Å². The molecule has 2 aromatic carbocycles. The van der Waals surface area contributed by atoms with Crippen LogP contribution in [-0.2, 0) is 11.3 Å². The number of nitrogens with zero attached hydrogens (tertiary/aromatic N) is 7. The Balaban J connectivity index is 0.868. The van der Waals surface area contributed by atoms with E-state index >= 15 is 0 Å². The number of fused-ring (bicyclic) bond motifs is 1. The van der Waals surface area contributed by atoms with Crippen LogP contribution in [0.15, 0.2) is 73.2 Å². The summed E-state index contributed by atoms with van der Waals surface area (Å²) in [7, 11) is 0. The number of amides is 1. The smallest absolute Gasteiger partial charge is 0.241 e. The summed E-state index contributed by atoms with van der Waals surface area (Å²) in [5.41, 5.74) is 6.73. The number of rotatable bonds is 12. The summed E-state index contributed by atoms with van der Waals surface area (Å²) in [6.07, 6.45) is 11.2. The van der Waals surface area contributed by atoms with Crippen molar-refractivity contribution in [2.24, 2.45) is 0 Å². The highest BCUT2D eigenvalue weighted by Gasteiger charge is 2.44. The highest BCUT2D eigenvalue weighted by Crippen LogP contribution is 2.37. The molecule has 2 fully saturated rings. The number of H-pyrrole nitrogens is 1. The van der Waals surface area contributed by atoms with Crippen LogP contribution in [0.25, 0.3) is 39.1 Å². The van der Waals surface area contributed by atoms with E-state index in [4.69, 9.17) is 4.74 Å². The third kappa shape index (κ3) is 7.16. The fraction of sp³-hybridized carbons (Fsp3) is 0.395. The van der Waals surface area contributed by atoms with Crippen molar-refractivity contribution < 1.29 is 14.6 Å². The predicted molar refractivity (Wildman–Crippen MR) is 200 cm³/mol. The first kappa shape index (κ1) is 33.6. The Kier molecular flexibility index (Phi) is 9.36. The fourth-order valence-electron chi connectivity index (χ4n) is 6.94. The van der Waals surface area contributed by atoms with Crippen molar-refractivity contribution in [3.05, 3.63) is 78.8 Å². The number of thioether (sulfide) groups is 1. The topological polar surface area (TPSA) is 137 Å². The Bertz CT molecular complexity index is 2040. The maximum absolute atomic E-state index is 13.9. The summed E-state index contributed by atoms with van der Waals surface area (Å²) >= 11 is 1.58. The Morgan fingerprint density at radius 1 is 1.10 bits per heavy atom. The van der Waals surface area contributed by atoms with Crippen molar-refractivity contribution in [1.29, 1.82) is 0 Å². The molecule has 2 aliphatic heterocycles. The van der Waals surface area contributed by atoms with Crippen LogP contribution in [0.5, 0.6) is 5.88 Å². The Morgan fingerprint density at radius 2 is 1.92 bits per heavy atom. The van der Waals surface area contributed by atoms with Crippen LogP contribution >= 0.6 is 11.8 Å².